The molecule has 1 aliphatic carbocycles. The van der Waals surface area contributed by atoms with Crippen LogP contribution in [0.2, 0.25) is 0 Å². The third-order valence-electron chi connectivity index (χ3n) is 7.11. The first-order valence-corrected chi connectivity index (χ1v) is 14.5. The number of esters is 1. The average Bonchev–Trinajstić information content (AvgIpc) is 3.65. The monoisotopic (exact) mass is 531 g/mol. The maximum absolute atomic E-state index is 13.9. The summed E-state index contributed by atoms with van der Waals surface area (Å²) < 4.78 is 7.35. The number of anilines is 1. The molecule has 2 aliphatic rings. The van der Waals surface area contributed by atoms with Gasteiger partial charge < -0.3 is 19.5 Å². The average molecular weight is 532 g/mol. The number of fused-ring (bicyclic) bond motifs is 5. The molecule has 0 bridgehead atoms. The lowest BCUT2D eigenvalue weighted by molar-refractivity contribution is -0.142. The molecule has 190 valence electrons. The van der Waals surface area contributed by atoms with Crippen molar-refractivity contribution in [2.24, 2.45) is 0 Å². The lowest BCUT2D eigenvalue weighted by atomic mass is 9.95. The molecule has 4 aromatic rings. The highest BCUT2D eigenvalue weighted by molar-refractivity contribution is 7.15. The van der Waals surface area contributed by atoms with Crippen molar-refractivity contribution in [1.82, 2.24) is 9.47 Å². The molecule has 1 aliphatic heterocycles. The first kappa shape index (κ1) is 24.0. The molecule has 37 heavy (non-hydrogen) atoms. The minimum absolute atomic E-state index is 0.132. The number of benzene rings is 1. The van der Waals surface area contributed by atoms with Crippen molar-refractivity contribution in [2.45, 2.75) is 51.6 Å². The van der Waals surface area contributed by atoms with E-state index < -0.39 is 0 Å². The number of hydrogen-bond acceptors (Lipinski definition) is 5. The number of carbonyl (C=O) groups excluding carboxylic acids is 2. The minimum atomic E-state index is -0.249. The molecule has 0 unspecified atom stereocenters. The van der Waals surface area contributed by atoms with Gasteiger partial charge in [-0.1, -0.05) is 18.2 Å². The van der Waals surface area contributed by atoms with Gasteiger partial charge in [0.1, 0.15) is 11.0 Å². The number of aryl methyl sites for hydroxylation is 1. The van der Waals surface area contributed by atoms with E-state index in [0.29, 0.717) is 18.8 Å². The highest BCUT2D eigenvalue weighted by atomic mass is 32.1. The zero-order valence-corrected chi connectivity index (χ0v) is 22.4. The molecule has 0 saturated heterocycles. The highest BCUT2D eigenvalue weighted by Gasteiger charge is 2.36. The number of aromatic nitrogens is 1. The van der Waals surface area contributed by atoms with Gasteiger partial charge in [-0.25, -0.2) is 4.79 Å². The summed E-state index contributed by atoms with van der Waals surface area (Å²) in [5, 5.41) is 6.46. The van der Waals surface area contributed by atoms with Crippen molar-refractivity contribution in [3.8, 4) is 5.00 Å². The summed E-state index contributed by atoms with van der Waals surface area (Å²) in [6, 6.07) is 15.5. The van der Waals surface area contributed by atoms with E-state index in [1.54, 1.807) is 18.3 Å². The molecule has 6 rings (SSSR count). The molecular weight excluding hydrogens is 502 g/mol. The summed E-state index contributed by atoms with van der Waals surface area (Å²) in [6.45, 7) is 2.74. The summed E-state index contributed by atoms with van der Waals surface area (Å²) in [6.07, 6.45) is 7.01. The Bertz CT molecular complexity index is 1420. The summed E-state index contributed by atoms with van der Waals surface area (Å²) in [4.78, 5) is 30.4. The maximum Gasteiger partial charge on any atom is 0.323 e. The van der Waals surface area contributed by atoms with Crippen LogP contribution in [-0.4, -0.2) is 28.1 Å². The Labute approximate surface area is 224 Å². The summed E-state index contributed by atoms with van der Waals surface area (Å²) in [5.41, 5.74) is 5.40. The van der Waals surface area contributed by atoms with Crippen LogP contribution >= 0.6 is 22.7 Å². The van der Waals surface area contributed by atoms with Crippen LogP contribution in [0.25, 0.3) is 5.00 Å². The van der Waals surface area contributed by atoms with Crippen LogP contribution < -0.4 is 5.32 Å². The molecular formula is C29H29N3O3S2. The van der Waals surface area contributed by atoms with E-state index in [1.807, 2.05) is 46.6 Å². The van der Waals surface area contributed by atoms with Crippen LogP contribution in [0.5, 0.6) is 0 Å². The maximum atomic E-state index is 13.9. The Kier molecular flexibility index (Phi) is 6.61. The van der Waals surface area contributed by atoms with E-state index in [0.717, 1.165) is 29.0 Å². The molecule has 3 aromatic heterocycles. The SMILES string of the molecule is CCOC(=O)Cc1ccc(NC(=O)N2Cc3c(sc4c3CCCC4)-n3cccc3[C@H]2c2cccs2)cc1. The van der Waals surface area contributed by atoms with Gasteiger partial charge in [0.25, 0.3) is 0 Å². The van der Waals surface area contributed by atoms with E-state index in [4.69, 9.17) is 4.74 Å². The lowest BCUT2D eigenvalue weighted by Gasteiger charge is -2.30. The first-order chi connectivity index (χ1) is 18.1. The van der Waals surface area contributed by atoms with Gasteiger partial charge in [-0.05, 0) is 79.4 Å². The molecule has 0 spiro atoms. The quantitative estimate of drug-likeness (QED) is 0.291. The van der Waals surface area contributed by atoms with Crippen molar-refractivity contribution in [3.63, 3.8) is 0 Å². The summed E-state index contributed by atoms with van der Waals surface area (Å²) in [7, 11) is 0. The molecule has 1 aromatic carbocycles. The van der Waals surface area contributed by atoms with Gasteiger partial charge in [-0.15, -0.1) is 22.7 Å². The molecule has 8 heteroatoms. The van der Waals surface area contributed by atoms with Crippen LogP contribution in [0.1, 0.15) is 57.9 Å². The van der Waals surface area contributed by atoms with Gasteiger partial charge in [0.05, 0.1) is 25.3 Å². The number of ether oxygens (including phenoxy) is 1. The van der Waals surface area contributed by atoms with Crippen molar-refractivity contribution in [3.05, 3.63) is 92.2 Å². The standard InChI is InChI=1S/C29H29N3O3S2/c1-2-35-26(33)17-19-11-13-20(14-12-19)30-29(34)32-18-22-21-7-3-4-9-24(21)37-28(22)31-15-5-8-23(31)27(32)25-10-6-16-36-25/h5-6,8,10-16,27H,2-4,7,9,17-18H2,1H3,(H,30,34)/t27-/m0/s1. The van der Waals surface area contributed by atoms with Crippen LogP contribution in [0.3, 0.4) is 0 Å². The molecule has 6 nitrogen and oxygen atoms in total. The summed E-state index contributed by atoms with van der Waals surface area (Å²) >= 11 is 3.57. The van der Waals surface area contributed by atoms with Gasteiger partial charge in [-0.2, -0.15) is 0 Å². The fraction of sp³-hybridized carbons (Fsp3) is 0.310. The van der Waals surface area contributed by atoms with Crippen LogP contribution in [0, 0.1) is 0 Å². The number of urea groups is 1. The fourth-order valence-electron chi connectivity index (χ4n) is 5.41. The largest absolute Gasteiger partial charge is 0.466 e. The van der Waals surface area contributed by atoms with Crippen LogP contribution in [0.15, 0.2) is 60.1 Å². The molecule has 0 saturated carbocycles. The van der Waals surface area contributed by atoms with E-state index in [-0.39, 0.29) is 24.5 Å². The van der Waals surface area contributed by atoms with Crippen molar-refractivity contribution < 1.29 is 14.3 Å². The Balaban J connectivity index is 1.34. The third kappa shape index (κ3) is 4.60. The van der Waals surface area contributed by atoms with Gasteiger partial charge in [-0.3, -0.25) is 4.79 Å². The van der Waals surface area contributed by atoms with Crippen molar-refractivity contribution >= 4 is 40.4 Å². The first-order valence-electron chi connectivity index (χ1n) is 12.8. The fourth-order valence-corrected chi connectivity index (χ4v) is 7.66. The molecule has 1 atom stereocenters. The van der Waals surface area contributed by atoms with E-state index in [1.165, 1.54) is 33.8 Å². The number of nitrogens with one attached hydrogen (secondary N) is 1. The predicted molar refractivity (Wildman–Crippen MR) is 148 cm³/mol. The Hall–Kier alpha value is -3.36. The van der Waals surface area contributed by atoms with Gasteiger partial charge in [0, 0.05) is 27.2 Å². The predicted octanol–water partition coefficient (Wildman–Crippen LogP) is 6.72. The van der Waals surface area contributed by atoms with Crippen LogP contribution in [-0.2, 0) is 35.3 Å². The highest BCUT2D eigenvalue weighted by Crippen LogP contribution is 2.44. The van der Waals surface area contributed by atoms with Gasteiger partial charge in [0.2, 0.25) is 0 Å². The zero-order chi connectivity index (χ0) is 25.4. The second-order valence-corrected chi connectivity index (χ2v) is 11.5. The minimum Gasteiger partial charge on any atom is -0.466 e. The molecule has 4 heterocycles. The zero-order valence-electron chi connectivity index (χ0n) is 20.7. The molecule has 0 fully saturated rings. The van der Waals surface area contributed by atoms with E-state index in [9.17, 15) is 9.59 Å². The Morgan fingerprint density at radius 3 is 2.68 bits per heavy atom. The second kappa shape index (κ2) is 10.2. The normalized spacial score (nSPS) is 16.4. The Morgan fingerprint density at radius 1 is 1.05 bits per heavy atom. The van der Waals surface area contributed by atoms with Crippen molar-refractivity contribution in [2.75, 3.05) is 11.9 Å². The third-order valence-corrected chi connectivity index (χ3v) is 9.37. The number of nitrogens with zero attached hydrogens (tertiary/aromatic N) is 2. The number of hydrogen-bond donors (Lipinski definition) is 1. The number of carbonyl (C=O) groups is 2. The van der Waals surface area contributed by atoms with Gasteiger partial charge >= 0.3 is 12.0 Å². The molecule has 2 amide bonds. The molecule has 1 N–H and O–H groups in total. The number of amides is 2. The van der Waals surface area contributed by atoms with Crippen molar-refractivity contribution in [1.29, 1.82) is 0 Å². The number of rotatable bonds is 5. The van der Waals surface area contributed by atoms with E-state index in [2.05, 4.69) is 39.7 Å². The number of thiophene rings is 2. The lowest BCUT2D eigenvalue weighted by Crippen LogP contribution is -2.37. The topological polar surface area (TPSA) is 63.6 Å². The Morgan fingerprint density at radius 2 is 1.89 bits per heavy atom. The second-order valence-electron chi connectivity index (χ2n) is 9.45. The molecule has 0 radical (unpaired) electrons. The summed E-state index contributed by atoms with van der Waals surface area (Å²) in [5.74, 6) is -0.249. The smallest absolute Gasteiger partial charge is 0.323 e. The van der Waals surface area contributed by atoms with E-state index >= 15 is 0 Å². The van der Waals surface area contributed by atoms with Gasteiger partial charge in [0.15, 0.2) is 0 Å². The van der Waals surface area contributed by atoms with Crippen LogP contribution in [0.4, 0.5) is 10.5 Å².